The van der Waals surface area contributed by atoms with Crippen LogP contribution in [0.3, 0.4) is 0 Å². The molecule has 0 rings (SSSR count). The van der Waals surface area contributed by atoms with Gasteiger partial charge in [0.1, 0.15) is 0 Å². The van der Waals surface area contributed by atoms with E-state index in [1.54, 1.807) is 7.11 Å². The maximum Gasteiger partial charge on any atom is 0.0846 e. The van der Waals surface area contributed by atoms with Crippen molar-refractivity contribution < 1.29 is 9.84 Å². The third kappa shape index (κ3) is 2.15. The van der Waals surface area contributed by atoms with Gasteiger partial charge in [0.2, 0.25) is 0 Å². The SMILES string of the molecule is CCC(CC)(OC)[C@H](N)CO. The first-order chi connectivity index (χ1) is 5.16. The lowest BCUT2D eigenvalue weighted by molar-refractivity contribution is -0.0494. The summed E-state index contributed by atoms with van der Waals surface area (Å²) in [6, 6.07) is -0.275. The first-order valence-electron chi connectivity index (χ1n) is 4.08. The van der Waals surface area contributed by atoms with Gasteiger partial charge in [-0.2, -0.15) is 0 Å². The predicted molar refractivity (Wildman–Crippen MR) is 45.4 cm³/mol. The minimum Gasteiger partial charge on any atom is -0.395 e. The van der Waals surface area contributed by atoms with E-state index in [0.29, 0.717) is 0 Å². The number of hydrogen-bond acceptors (Lipinski definition) is 3. The fourth-order valence-corrected chi connectivity index (χ4v) is 1.38. The Labute approximate surface area is 68.5 Å². The number of ether oxygens (including phenoxy) is 1. The van der Waals surface area contributed by atoms with E-state index in [0.717, 1.165) is 12.8 Å². The van der Waals surface area contributed by atoms with Crippen LogP contribution in [0.15, 0.2) is 0 Å². The molecule has 1 atom stereocenters. The predicted octanol–water partition coefficient (Wildman–Crippen LogP) is 0.511. The molecule has 0 radical (unpaired) electrons. The standard InChI is InChI=1S/C8H19NO2/c1-4-8(5-2,11-3)7(9)6-10/h7,10H,4-6,9H2,1-3H3/t7-/m1/s1. The molecule has 0 aromatic heterocycles. The Kier molecular flexibility index (Phi) is 4.65. The van der Waals surface area contributed by atoms with E-state index in [1.165, 1.54) is 0 Å². The van der Waals surface area contributed by atoms with Gasteiger partial charge in [-0.15, -0.1) is 0 Å². The van der Waals surface area contributed by atoms with Crippen molar-refractivity contribution in [3.05, 3.63) is 0 Å². The van der Waals surface area contributed by atoms with Gasteiger partial charge in [0.25, 0.3) is 0 Å². The van der Waals surface area contributed by atoms with E-state index in [9.17, 15) is 0 Å². The van der Waals surface area contributed by atoms with Gasteiger partial charge in [0.15, 0.2) is 0 Å². The second-order valence-electron chi connectivity index (χ2n) is 2.77. The number of nitrogens with two attached hydrogens (primary N) is 1. The minimum atomic E-state index is -0.339. The molecule has 11 heavy (non-hydrogen) atoms. The number of rotatable bonds is 5. The zero-order chi connectivity index (χ0) is 8.91. The second kappa shape index (κ2) is 4.70. The number of methoxy groups -OCH3 is 1. The molecule has 0 aromatic rings. The molecule has 3 N–H and O–H groups in total. The Morgan fingerprint density at radius 3 is 2.00 bits per heavy atom. The van der Waals surface area contributed by atoms with E-state index in [4.69, 9.17) is 15.6 Å². The molecule has 68 valence electrons. The molecule has 0 spiro atoms. The lowest BCUT2D eigenvalue weighted by Crippen LogP contribution is -2.50. The van der Waals surface area contributed by atoms with Crippen molar-refractivity contribution in [2.24, 2.45) is 5.73 Å². The van der Waals surface area contributed by atoms with Crippen molar-refractivity contribution in [2.45, 2.75) is 38.3 Å². The largest absolute Gasteiger partial charge is 0.395 e. The number of aliphatic hydroxyl groups is 1. The molecule has 0 bridgehead atoms. The van der Waals surface area contributed by atoms with Crippen LogP contribution in [-0.4, -0.2) is 30.5 Å². The van der Waals surface area contributed by atoms with Crippen LogP contribution in [0.5, 0.6) is 0 Å². The van der Waals surface area contributed by atoms with E-state index in [-0.39, 0.29) is 18.2 Å². The summed E-state index contributed by atoms with van der Waals surface area (Å²) >= 11 is 0. The van der Waals surface area contributed by atoms with Gasteiger partial charge in [-0.05, 0) is 12.8 Å². The summed E-state index contributed by atoms with van der Waals surface area (Å²) in [5.41, 5.74) is 5.37. The van der Waals surface area contributed by atoms with Crippen LogP contribution >= 0.6 is 0 Å². The van der Waals surface area contributed by atoms with Gasteiger partial charge in [-0.1, -0.05) is 13.8 Å². The number of aliphatic hydroxyl groups excluding tert-OH is 1. The van der Waals surface area contributed by atoms with E-state index < -0.39 is 0 Å². The van der Waals surface area contributed by atoms with Crippen LogP contribution < -0.4 is 5.73 Å². The normalized spacial score (nSPS) is 15.0. The van der Waals surface area contributed by atoms with E-state index >= 15 is 0 Å². The molecule has 0 aromatic carbocycles. The van der Waals surface area contributed by atoms with E-state index in [1.807, 2.05) is 13.8 Å². The van der Waals surface area contributed by atoms with E-state index in [2.05, 4.69) is 0 Å². The molecule has 0 amide bonds. The highest BCUT2D eigenvalue weighted by Gasteiger charge is 2.32. The molecule has 0 aliphatic rings. The second-order valence-corrected chi connectivity index (χ2v) is 2.77. The van der Waals surface area contributed by atoms with Crippen molar-refractivity contribution in [1.82, 2.24) is 0 Å². The van der Waals surface area contributed by atoms with Crippen molar-refractivity contribution in [3.63, 3.8) is 0 Å². The van der Waals surface area contributed by atoms with Crippen LogP contribution in [0.4, 0.5) is 0 Å². The topological polar surface area (TPSA) is 55.5 Å². The van der Waals surface area contributed by atoms with Crippen LogP contribution in [0.2, 0.25) is 0 Å². The third-order valence-corrected chi connectivity index (χ3v) is 2.48. The Balaban J connectivity index is 4.26. The van der Waals surface area contributed by atoms with Crippen molar-refractivity contribution in [1.29, 1.82) is 0 Å². The fourth-order valence-electron chi connectivity index (χ4n) is 1.38. The molecule has 0 saturated heterocycles. The van der Waals surface area contributed by atoms with Gasteiger partial charge >= 0.3 is 0 Å². The van der Waals surface area contributed by atoms with Gasteiger partial charge in [-0.3, -0.25) is 0 Å². The first kappa shape index (κ1) is 10.9. The van der Waals surface area contributed by atoms with Crippen molar-refractivity contribution in [2.75, 3.05) is 13.7 Å². The van der Waals surface area contributed by atoms with Crippen molar-refractivity contribution >= 4 is 0 Å². The van der Waals surface area contributed by atoms with Gasteiger partial charge < -0.3 is 15.6 Å². The Bertz CT molecular complexity index is 94.0. The quantitative estimate of drug-likeness (QED) is 0.617. The maximum atomic E-state index is 8.86. The molecular formula is C8H19NO2. The summed E-state index contributed by atoms with van der Waals surface area (Å²) in [5, 5.41) is 8.86. The van der Waals surface area contributed by atoms with Crippen LogP contribution in [-0.2, 0) is 4.74 Å². The molecular weight excluding hydrogens is 142 g/mol. The van der Waals surface area contributed by atoms with Crippen LogP contribution in [0, 0.1) is 0 Å². The fraction of sp³-hybridized carbons (Fsp3) is 1.00. The molecule has 0 aliphatic heterocycles. The van der Waals surface area contributed by atoms with Gasteiger partial charge in [-0.25, -0.2) is 0 Å². The Morgan fingerprint density at radius 1 is 1.45 bits per heavy atom. The molecule has 0 fully saturated rings. The average Bonchev–Trinajstić information content (AvgIpc) is 2.08. The highest BCUT2D eigenvalue weighted by Crippen LogP contribution is 2.22. The zero-order valence-electron chi connectivity index (χ0n) is 7.63. The molecule has 0 aliphatic carbocycles. The highest BCUT2D eigenvalue weighted by molar-refractivity contribution is 4.88. The summed E-state index contributed by atoms with van der Waals surface area (Å²) in [4.78, 5) is 0. The molecule has 0 unspecified atom stereocenters. The molecule has 0 saturated carbocycles. The Morgan fingerprint density at radius 2 is 1.91 bits per heavy atom. The first-order valence-corrected chi connectivity index (χ1v) is 4.08. The number of hydrogen-bond donors (Lipinski definition) is 2. The van der Waals surface area contributed by atoms with Crippen LogP contribution in [0.25, 0.3) is 0 Å². The monoisotopic (exact) mass is 161 g/mol. The molecule has 0 heterocycles. The summed E-state index contributed by atoms with van der Waals surface area (Å²) in [7, 11) is 1.64. The molecule has 3 nitrogen and oxygen atoms in total. The minimum absolute atomic E-state index is 0.0183. The summed E-state index contributed by atoms with van der Waals surface area (Å²) in [6.07, 6.45) is 1.67. The lowest BCUT2D eigenvalue weighted by atomic mass is 9.89. The smallest absolute Gasteiger partial charge is 0.0846 e. The summed E-state index contributed by atoms with van der Waals surface area (Å²) in [5.74, 6) is 0. The maximum absolute atomic E-state index is 8.86. The molecule has 3 heteroatoms. The van der Waals surface area contributed by atoms with Crippen LogP contribution in [0.1, 0.15) is 26.7 Å². The van der Waals surface area contributed by atoms with Gasteiger partial charge in [0, 0.05) is 7.11 Å². The summed E-state index contributed by atoms with van der Waals surface area (Å²) < 4.78 is 5.30. The lowest BCUT2D eigenvalue weighted by Gasteiger charge is -2.35. The summed E-state index contributed by atoms with van der Waals surface area (Å²) in [6.45, 7) is 4.01. The van der Waals surface area contributed by atoms with Crippen molar-refractivity contribution in [3.8, 4) is 0 Å². The highest BCUT2D eigenvalue weighted by atomic mass is 16.5. The third-order valence-electron chi connectivity index (χ3n) is 2.48. The zero-order valence-corrected chi connectivity index (χ0v) is 7.63. The average molecular weight is 161 g/mol. The van der Waals surface area contributed by atoms with Gasteiger partial charge in [0.05, 0.1) is 18.2 Å². The Hall–Kier alpha value is -0.120.